The van der Waals surface area contributed by atoms with Crippen molar-refractivity contribution in [3.8, 4) is 6.07 Å². The van der Waals surface area contributed by atoms with Crippen LogP contribution < -0.4 is 16.4 Å². The van der Waals surface area contributed by atoms with E-state index >= 15 is 0 Å². The van der Waals surface area contributed by atoms with Gasteiger partial charge in [0, 0.05) is 5.56 Å². The lowest BCUT2D eigenvalue weighted by Crippen LogP contribution is -2.66. The minimum Gasteiger partial charge on any atom is -0.200 e. The first-order valence-electron chi connectivity index (χ1n) is 15.9. The monoisotopic (exact) mass is 601 g/mol. The van der Waals surface area contributed by atoms with E-state index in [0.717, 1.165) is 5.75 Å². The van der Waals surface area contributed by atoms with E-state index in [4.69, 9.17) is 5.26 Å². The third kappa shape index (κ3) is 8.04. The molecule has 1 nitrogen and oxygen atoms in total. The maximum Gasteiger partial charge on any atom is 0.161 e. The quantitative estimate of drug-likeness (QED) is 0.114. The Morgan fingerprint density at radius 3 is 1.24 bits per heavy atom. The molecule has 6 aromatic rings. The normalized spacial score (nSPS) is 10.9. The van der Waals surface area contributed by atoms with Gasteiger partial charge in [0.25, 0.3) is 0 Å². The van der Waals surface area contributed by atoms with E-state index in [1.165, 1.54) is 50.9 Å². The minimum absolute atomic E-state index is 0.00631. The molecule has 0 fully saturated rings. The van der Waals surface area contributed by atoms with Crippen LogP contribution in [0.1, 0.15) is 30.9 Å². The average molecular weight is 602 g/mol. The van der Waals surface area contributed by atoms with Gasteiger partial charge in [0.05, 0.1) is 28.7 Å². The number of hydrogen-bond donors (Lipinski definition) is 0. The van der Waals surface area contributed by atoms with Crippen LogP contribution >= 0.6 is 0 Å². The first-order chi connectivity index (χ1) is 22.2. The fourth-order valence-electron chi connectivity index (χ4n) is 6.25. The molecule has 0 saturated heterocycles. The molecule has 3 heteroatoms. The molecule has 0 spiro atoms. The number of nitrogens with zero attached hydrogens (tertiary/aromatic N) is 1. The third-order valence-corrected chi connectivity index (χ3v) is 10.9. The molecule has 0 heterocycles. The summed E-state index contributed by atoms with van der Waals surface area (Å²) in [6.45, 7) is 2.28. The zero-order chi connectivity index (χ0) is 31.2. The van der Waals surface area contributed by atoms with Crippen molar-refractivity contribution in [1.82, 2.24) is 0 Å². The van der Waals surface area contributed by atoms with Gasteiger partial charge in [-0.25, -0.2) is 0 Å². The van der Waals surface area contributed by atoms with E-state index in [2.05, 4.69) is 177 Å². The summed E-state index contributed by atoms with van der Waals surface area (Å²) in [6, 6.07) is 64.5. The van der Waals surface area contributed by atoms with Crippen LogP contribution in [0.4, 0.5) is 0 Å². The van der Waals surface area contributed by atoms with Crippen molar-refractivity contribution in [2.75, 3.05) is 0 Å². The van der Waals surface area contributed by atoms with Crippen molar-refractivity contribution in [2.45, 2.75) is 41.6 Å². The van der Waals surface area contributed by atoms with Gasteiger partial charge in [-0.2, -0.15) is 28.0 Å². The Hall–Kier alpha value is -4.78. The van der Waals surface area contributed by atoms with Gasteiger partial charge in [-0.1, -0.05) is 159 Å². The number of unbranched alkanes of at least 4 members (excludes halogenated alkanes) is 1. The topological polar surface area (TPSA) is 23.8 Å². The first-order valence-corrected chi connectivity index (χ1v) is 17.3. The van der Waals surface area contributed by atoms with E-state index in [1.54, 1.807) is 0 Å². The van der Waals surface area contributed by atoms with Crippen LogP contribution in [-0.4, -0.2) is 6.15 Å². The maximum absolute atomic E-state index is 8.92. The molecule has 0 atom stereocenters. The fraction of sp³-hybridized carbons (Fsp3) is 0.119. The van der Waals surface area contributed by atoms with Crippen molar-refractivity contribution >= 4 is 33.4 Å². The molecule has 0 N–H and O–H groups in total. The summed E-state index contributed by atoms with van der Waals surface area (Å²) in [4.78, 5) is 2.69. The molecule has 45 heavy (non-hydrogen) atoms. The molecule has 0 bridgehead atoms. The fourth-order valence-corrected chi connectivity index (χ4v) is 8.35. The number of benzene rings is 6. The first kappa shape index (κ1) is 31.6. The van der Waals surface area contributed by atoms with Crippen LogP contribution in [-0.2, 0) is 16.6 Å². The van der Waals surface area contributed by atoms with Crippen molar-refractivity contribution in [3.05, 3.63) is 187 Å². The Balaban J connectivity index is 0.000000178. The summed E-state index contributed by atoms with van der Waals surface area (Å²) in [6.07, 6.45) is 2.73. The van der Waals surface area contributed by atoms with Gasteiger partial charge in [-0.05, 0) is 36.4 Å². The van der Waals surface area contributed by atoms with Crippen molar-refractivity contribution < 1.29 is 0 Å². The molecule has 0 saturated carbocycles. The second kappa shape index (κ2) is 16.3. The molecule has 0 aliphatic heterocycles. The molecule has 0 amide bonds. The van der Waals surface area contributed by atoms with Crippen LogP contribution in [0.15, 0.2) is 186 Å². The maximum atomic E-state index is 8.92. The second-order valence-corrected chi connectivity index (χ2v) is 13.4. The van der Waals surface area contributed by atoms with Crippen LogP contribution in [0.3, 0.4) is 0 Å². The minimum atomic E-state index is -0.913. The number of rotatable bonds is 10. The van der Waals surface area contributed by atoms with Crippen molar-refractivity contribution in [3.63, 3.8) is 0 Å². The molecule has 6 aromatic carbocycles. The Labute approximate surface area is 272 Å². The smallest absolute Gasteiger partial charge is 0.161 e. The number of nitriles is 1. The van der Waals surface area contributed by atoms with Crippen LogP contribution in [0.25, 0.3) is 0 Å². The highest BCUT2D eigenvalue weighted by Gasteiger charge is 2.29. The SMILES string of the molecule is CCCC[B-](c1ccccc1)(c1ccccc1)c1ccccc1.N#Cc1ccc(C[S+](c2ccccc2)c2ccccc2)cc1. The lowest BCUT2D eigenvalue weighted by atomic mass is 9.14. The predicted octanol–water partition coefficient (Wildman–Crippen LogP) is 8.75. The highest BCUT2D eigenvalue weighted by molar-refractivity contribution is 7.96. The number of hydrogen-bond acceptors (Lipinski definition) is 1. The van der Waals surface area contributed by atoms with Gasteiger partial charge in [-0.3, -0.25) is 0 Å². The molecule has 0 unspecified atom stereocenters. The standard InChI is InChI=1S/C22H24B.C20H16NS/c1-2-3-19-23(20-13-7-4-8-14-20,21-15-9-5-10-16-21)22-17-11-6-12-18-22;21-15-17-11-13-18(14-12-17)16-22(19-7-3-1-4-8-19)20-9-5-2-6-10-20/h4-18H,2-3,19H2,1H3;1-14H,16H2/q-1;+1. The molecular weight excluding hydrogens is 561 g/mol. The van der Waals surface area contributed by atoms with Crippen LogP contribution in [0, 0.1) is 11.3 Å². The molecule has 0 aromatic heterocycles. The van der Waals surface area contributed by atoms with Gasteiger partial charge in [-0.15, -0.1) is 0 Å². The predicted molar refractivity (Wildman–Crippen MR) is 195 cm³/mol. The average Bonchev–Trinajstić information content (AvgIpc) is 3.13. The van der Waals surface area contributed by atoms with Gasteiger partial charge in [0.1, 0.15) is 5.75 Å². The van der Waals surface area contributed by atoms with Gasteiger partial charge < -0.3 is 0 Å². The molecule has 0 aliphatic rings. The molecular formula is C42H40BNS. The lowest BCUT2D eigenvalue weighted by Gasteiger charge is -2.43. The highest BCUT2D eigenvalue weighted by atomic mass is 32.2. The Bertz CT molecular complexity index is 1600. The summed E-state index contributed by atoms with van der Waals surface area (Å²) in [5.74, 6) is 0.958. The van der Waals surface area contributed by atoms with Gasteiger partial charge in [0.2, 0.25) is 0 Å². The molecule has 0 radical (unpaired) electrons. The third-order valence-electron chi connectivity index (χ3n) is 8.55. The summed E-state index contributed by atoms with van der Waals surface area (Å²) < 4.78 is 0. The zero-order valence-electron chi connectivity index (χ0n) is 26.0. The van der Waals surface area contributed by atoms with Crippen LogP contribution in [0.5, 0.6) is 0 Å². The zero-order valence-corrected chi connectivity index (χ0v) is 26.8. The molecule has 222 valence electrons. The van der Waals surface area contributed by atoms with Gasteiger partial charge >= 0.3 is 0 Å². The molecule has 0 aliphatic carbocycles. The van der Waals surface area contributed by atoms with Crippen molar-refractivity contribution in [2.24, 2.45) is 0 Å². The Morgan fingerprint density at radius 2 is 0.889 bits per heavy atom. The van der Waals surface area contributed by atoms with E-state index < -0.39 is 6.15 Å². The van der Waals surface area contributed by atoms with E-state index in [1.807, 2.05) is 12.1 Å². The Morgan fingerprint density at radius 1 is 0.511 bits per heavy atom. The Kier molecular flexibility index (Phi) is 11.5. The summed E-state index contributed by atoms with van der Waals surface area (Å²) >= 11 is 0. The summed E-state index contributed by atoms with van der Waals surface area (Å²) in [5.41, 5.74) is 6.30. The summed E-state index contributed by atoms with van der Waals surface area (Å²) in [7, 11) is 0.00631. The largest absolute Gasteiger partial charge is 0.200 e. The molecule has 6 rings (SSSR count). The lowest BCUT2D eigenvalue weighted by molar-refractivity contribution is 0.874. The van der Waals surface area contributed by atoms with Gasteiger partial charge in [0.15, 0.2) is 9.79 Å². The second-order valence-electron chi connectivity index (χ2n) is 11.4. The van der Waals surface area contributed by atoms with E-state index in [0.29, 0.717) is 5.56 Å². The highest BCUT2D eigenvalue weighted by Crippen LogP contribution is 2.27. The van der Waals surface area contributed by atoms with Crippen molar-refractivity contribution in [1.29, 1.82) is 5.26 Å². The van der Waals surface area contributed by atoms with E-state index in [-0.39, 0.29) is 10.9 Å². The summed E-state index contributed by atoms with van der Waals surface area (Å²) in [5, 5.41) is 8.92. The van der Waals surface area contributed by atoms with Crippen LogP contribution in [0.2, 0.25) is 6.32 Å². The van der Waals surface area contributed by atoms with E-state index in [9.17, 15) is 0 Å².